The van der Waals surface area contributed by atoms with Gasteiger partial charge in [-0.3, -0.25) is 4.90 Å². The van der Waals surface area contributed by atoms with Crippen molar-refractivity contribution in [3.8, 4) is 0 Å². The molecule has 1 aliphatic heterocycles. The van der Waals surface area contributed by atoms with Gasteiger partial charge in [-0.15, -0.1) is 0 Å². The molecule has 1 aromatic rings. The second-order valence-electron chi connectivity index (χ2n) is 6.15. The number of hydrogen-bond acceptors (Lipinski definition) is 4. The van der Waals surface area contributed by atoms with Crippen molar-refractivity contribution in [1.82, 2.24) is 10.2 Å². The summed E-state index contributed by atoms with van der Waals surface area (Å²) in [7, 11) is 1.41. The average Bonchev–Trinajstić information content (AvgIpc) is 2.49. The van der Waals surface area contributed by atoms with E-state index in [9.17, 15) is 4.79 Å². The number of carbonyl (C=O) groups excluding carboxylic acids is 1. The van der Waals surface area contributed by atoms with Gasteiger partial charge in [-0.05, 0) is 30.0 Å². The van der Waals surface area contributed by atoms with Gasteiger partial charge in [0.2, 0.25) is 0 Å². The van der Waals surface area contributed by atoms with Crippen molar-refractivity contribution < 1.29 is 9.53 Å². The minimum atomic E-state index is -0.276. The quantitative estimate of drug-likeness (QED) is 0.845. The number of piperazine rings is 1. The van der Waals surface area contributed by atoms with Crippen LogP contribution in [0.2, 0.25) is 0 Å². The largest absolute Gasteiger partial charge is 0.465 e. The van der Waals surface area contributed by atoms with Gasteiger partial charge in [-0.25, -0.2) is 4.79 Å². The van der Waals surface area contributed by atoms with Crippen LogP contribution < -0.4 is 5.32 Å². The van der Waals surface area contributed by atoms with Crippen LogP contribution in [0.25, 0.3) is 0 Å². The molecular weight excluding hydrogens is 264 g/mol. The van der Waals surface area contributed by atoms with Gasteiger partial charge in [0, 0.05) is 32.2 Å². The Morgan fingerprint density at radius 2 is 2.10 bits per heavy atom. The molecule has 4 nitrogen and oxygen atoms in total. The second kappa shape index (κ2) is 7.57. The van der Waals surface area contributed by atoms with Crippen LogP contribution in [0.4, 0.5) is 0 Å². The highest BCUT2D eigenvalue weighted by Gasteiger charge is 2.22. The molecule has 21 heavy (non-hydrogen) atoms. The van der Waals surface area contributed by atoms with E-state index in [1.807, 2.05) is 24.3 Å². The summed E-state index contributed by atoms with van der Waals surface area (Å²) >= 11 is 0. The van der Waals surface area contributed by atoms with E-state index in [1.54, 1.807) is 0 Å². The number of rotatable bonds is 5. The summed E-state index contributed by atoms with van der Waals surface area (Å²) in [6.45, 7) is 8.69. The first-order valence-electron chi connectivity index (χ1n) is 7.72. The maximum Gasteiger partial charge on any atom is 0.337 e. The minimum Gasteiger partial charge on any atom is -0.465 e. The molecule has 1 atom stereocenters. The van der Waals surface area contributed by atoms with Crippen molar-refractivity contribution >= 4 is 5.97 Å². The zero-order valence-corrected chi connectivity index (χ0v) is 13.3. The Morgan fingerprint density at radius 1 is 1.38 bits per heavy atom. The lowest BCUT2D eigenvalue weighted by Crippen LogP contribution is -2.51. The number of benzene rings is 1. The molecule has 1 heterocycles. The first-order valence-corrected chi connectivity index (χ1v) is 7.72. The zero-order valence-electron chi connectivity index (χ0n) is 13.3. The van der Waals surface area contributed by atoms with Crippen molar-refractivity contribution in [2.75, 3.05) is 26.7 Å². The summed E-state index contributed by atoms with van der Waals surface area (Å²) in [4.78, 5) is 14.0. The van der Waals surface area contributed by atoms with Gasteiger partial charge < -0.3 is 10.1 Å². The molecule has 1 unspecified atom stereocenters. The van der Waals surface area contributed by atoms with E-state index >= 15 is 0 Å². The van der Waals surface area contributed by atoms with Crippen LogP contribution in [0, 0.1) is 5.92 Å². The molecule has 1 aromatic carbocycles. The average molecular weight is 290 g/mol. The van der Waals surface area contributed by atoms with Crippen molar-refractivity contribution in [2.45, 2.75) is 32.9 Å². The lowest BCUT2D eigenvalue weighted by Gasteiger charge is -2.37. The summed E-state index contributed by atoms with van der Waals surface area (Å²) in [5.41, 5.74) is 1.86. The standard InChI is InChI=1S/C17H26N2O2/c1-13(2)10-16-11-18-8-9-19(16)12-14-4-6-15(7-5-14)17(20)21-3/h4-7,13,16,18H,8-12H2,1-3H3. The molecule has 1 aliphatic rings. The summed E-state index contributed by atoms with van der Waals surface area (Å²) in [6.07, 6.45) is 1.22. The van der Waals surface area contributed by atoms with Crippen LogP contribution in [0.15, 0.2) is 24.3 Å². The topological polar surface area (TPSA) is 41.6 Å². The lowest BCUT2D eigenvalue weighted by molar-refractivity contribution is 0.0600. The molecule has 2 rings (SSSR count). The molecule has 0 amide bonds. The van der Waals surface area contributed by atoms with Gasteiger partial charge in [0.05, 0.1) is 12.7 Å². The lowest BCUT2D eigenvalue weighted by atomic mass is 10.00. The molecular formula is C17H26N2O2. The van der Waals surface area contributed by atoms with E-state index in [4.69, 9.17) is 4.74 Å². The Labute approximate surface area is 127 Å². The van der Waals surface area contributed by atoms with Gasteiger partial charge in [0.15, 0.2) is 0 Å². The van der Waals surface area contributed by atoms with Crippen LogP contribution in [0.5, 0.6) is 0 Å². The van der Waals surface area contributed by atoms with Crippen LogP contribution in [0.1, 0.15) is 36.2 Å². The molecule has 4 heteroatoms. The molecule has 116 valence electrons. The van der Waals surface area contributed by atoms with E-state index in [1.165, 1.54) is 19.1 Å². The fourth-order valence-electron chi connectivity index (χ4n) is 2.89. The van der Waals surface area contributed by atoms with Gasteiger partial charge in [0.25, 0.3) is 0 Å². The molecule has 0 bridgehead atoms. The Morgan fingerprint density at radius 3 is 2.71 bits per heavy atom. The first kappa shape index (κ1) is 16.0. The third-order valence-electron chi connectivity index (χ3n) is 3.98. The highest BCUT2D eigenvalue weighted by molar-refractivity contribution is 5.89. The van der Waals surface area contributed by atoms with Crippen molar-refractivity contribution in [3.05, 3.63) is 35.4 Å². The molecule has 0 saturated carbocycles. The fraction of sp³-hybridized carbons (Fsp3) is 0.588. The first-order chi connectivity index (χ1) is 10.1. The smallest absolute Gasteiger partial charge is 0.337 e. The highest BCUT2D eigenvalue weighted by atomic mass is 16.5. The highest BCUT2D eigenvalue weighted by Crippen LogP contribution is 2.17. The summed E-state index contributed by atoms with van der Waals surface area (Å²) in [6, 6.07) is 8.35. The van der Waals surface area contributed by atoms with Crippen molar-refractivity contribution in [1.29, 1.82) is 0 Å². The number of esters is 1. The SMILES string of the molecule is COC(=O)c1ccc(CN2CCNCC2CC(C)C)cc1. The van der Waals surface area contributed by atoms with Crippen LogP contribution in [0.3, 0.4) is 0 Å². The summed E-state index contributed by atoms with van der Waals surface area (Å²) < 4.78 is 4.73. The maximum atomic E-state index is 11.4. The van der Waals surface area contributed by atoms with Crippen LogP contribution in [-0.4, -0.2) is 43.7 Å². The van der Waals surface area contributed by atoms with Gasteiger partial charge >= 0.3 is 5.97 Å². The molecule has 1 N–H and O–H groups in total. The molecule has 0 spiro atoms. The Kier molecular flexibility index (Phi) is 5.76. The van der Waals surface area contributed by atoms with Gasteiger partial charge in [-0.1, -0.05) is 26.0 Å². The van der Waals surface area contributed by atoms with E-state index in [2.05, 4.69) is 24.1 Å². The van der Waals surface area contributed by atoms with Gasteiger partial charge in [0.1, 0.15) is 0 Å². The normalized spacial score (nSPS) is 19.7. The molecule has 0 aromatic heterocycles. The number of ether oxygens (including phenoxy) is 1. The van der Waals surface area contributed by atoms with E-state index in [0.29, 0.717) is 17.5 Å². The number of methoxy groups -OCH3 is 1. The second-order valence-corrected chi connectivity index (χ2v) is 6.15. The summed E-state index contributed by atoms with van der Waals surface area (Å²) in [5, 5.41) is 3.48. The number of carbonyl (C=O) groups is 1. The van der Waals surface area contributed by atoms with Crippen LogP contribution in [-0.2, 0) is 11.3 Å². The van der Waals surface area contributed by atoms with Crippen LogP contribution >= 0.6 is 0 Å². The Bertz CT molecular complexity index is 456. The zero-order chi connectivity index (χ0) is 15.2. The third kappa shape index (κ3) is 4.55. The predicted molar refractivity (Wildman–Crippen MR) is 84.3 cm³/mol. The Balaban J connectivity index is 2.00. The molecule has 0 radical (unpaired) electrons. The van der Waals surface area contributed by atoms with Gasteiger partial charge in [-0.2, -0.15) is 0 Å². The monoisotopic (exact) mass is 290 g/mol. The summed E-state index contributed by atoms with van der Waals surface area (Å²) in [5.74, 6) is 0.431. The van der Waals surface area contributed by atoms with Crippen molar-refractivity contribution in [2.24, 2.45) is 5.92 Å². The number of nitrogens with one attached hydrogen (secondary N) is 1. The van der Waals surface area contributed by atoms with E-state index in [0.717, 1.165) is 26.2 Å². The maximum absolute atomic E-state index is 11.4. The predicted octanol–water partition coefficient (Wildman–Crippen LogP) is 2.29. The molecule has 0 aliphatic carbocycles. The fourth-order valence-corrected chi connectivity index (χ4v) is 2.89. The third-order valence-corrected chi connectivity index (χ3v) is 3.98. The number of hydrogen-bond donors (Lipinski definition) is 1. The minimum absolute atomic E-state index is 0.276. The Hall–Kier alpha value is -1.39. The number of nitrogens with zero attached hydrogens (tertiary/aromatic N) is 1. The van der Waals surface area contributed by atoms with E-state index in [-0.39, 0.29) is 5.97 Å². The van der Waals surface area contributed by atoms with Crippen molar-refractivity contribution in [3.63, 3.8) is 0 Å². The van der Waals surface area contributed by atoms with E-state index < -0.39 is 0 Å². The molecule has 1 fully saturated rings. The molecule has 1 saturated heterocycles.